The third kappa shape index (κ3) is 1.11. The predicted molar refractivity (Wildman–Crippen MR) is 50.5 cm³/mol. The van der Waals surface area contributed by atoms with Crippen LogP contribution in [0.25, 0.3) is 0 Å². The molecule has 1 amide bonds. The lowest BCUT2D eigenvalue weighted by molar-refractivity contribution is -0.751. The van der Waals surface area contributed by atoms with Crippen molar-refractivity contribution >= 4 is 30.6 Å². The van der Waals surface area contributed by atoms with Crippen LogP contribution in [-0.2, 0) is 4.79 Å². The fourth-order valence-corrected chi connectivity index (χ4v) is 3.23. The summed E-state index contributed by atoms with van der Waals surface area (Å²) in [5, 5.41) is 10.7. The zero-order valence-corrected chi connectivity index (χ0v) is 7.79. The molecule has 0 saturated carbocycles. The zero-order chi connectivity index (χ0) is 7.84. The summed E-state index contributed by atoms with van der Waals surface area (Å²) in [7, 11) is 0. The molecule has 2 heterocycles. The van der Waals surface area contributed by atoms with Gasteiger partial charge in [0.1, 0.15) is 10.1 Å². The first-order chi connectivity index (χ1) is 5.29. The van der Waals surface area contributed by atoms with Crippen LogP contribution in [0.3, 0.4) is 0 Å². The lowest BCUT2D eigenvalue weighted by Crippen LogP contribution is -3.08. The Balaban J connectivity index is 2.45. The van der Waals surface area contributed by atoms with E-state index in [4.69, 9.17) is 0 Å². The Kier molecular flexibility index (Phi) is 1.74. The van der Waals surface area contributed by atoms with Crippen molar-refractivity contribution in [2.75, 3.05) is 6.54 Å². The van der Waals surface area contributed by atoms with Crippen molar-refractivity contribution in [1.82, 2.24) is 0 Å². The summed E-state index contributed by atoms with van der Waals surface area (Å²) in [5.41, 5.74) is 0.968. The molecule has 0 aromatic carbocycles. The van der Waals surface area contributed by atoms with E-state index in [9.17, 15) is 10.0 Å². The Bertz CT molecular complexity index is 304. The maximum atomic E-state index is 11.1. The molecule has 0 fully saturated rings. The van der Waals surface area contributed by atoms with Crippen LogP contribution in [0, 0.1) is 5.21 Å². The summed E-state index contributed by atoms with van der Waals surface area (Å²) >= 11 is -0.299. The monoisotopic (exact) mass is 263 g/mol. The van der Waals surface area contributed by atoms with E-state index in [0.717, 1.165) is 9.15 Å². The minimum absolute atomic E-state index is 0.227. The molecule has 2 aliphatic heterocycles. The number of hydroxylamine groups is 2. The van der Waals surface area contributed by atoms with E-state index < -0.39 is 0 Å². The van der Waals surface area contributed by atoms with Crippen molar-refractivity contribution in [3.63, 3.8) is 0 Å². The van der Waals surface area contributed by atoms with Crippen LogP contribution in [-0.4, -0.2) is 16.5 Å². The standard InChI is InChI=1S/C7H6INO2/c10-7-6-5(4-9(7)11)2-1-3-8-6/h1-3,9H,4H2. The van der Waals surface area contributed by atoms with Gasteiger partial charge in [-0.2, -0.15) is 0 Å². The second kappa shape index (κ2) is 2.62. The molecular formula is C7H6INO2. The van der Waals surface area contributed by atoms with Gasteiger partial charge in [-0.3, -0.25) is 0 Å². The number of amides is 1. The third-order valence-electron chi connectivity index (χ3n) is 1.63. The van der Waals surface area contributed by atoms with Crippen LogP contribution in [0.15, 0.2) is 21.3 Å². The summed E-state index contributed by atoms with van der Waals surface area (Å²) in [6.45, 7) is 0.345. The highest BCUT2D eigenvalue weighted by Crippen LogP contribution is 2.24. The quantitative estimate of drug-likeness (QED) is 0.473. The number of rotatable bonds is 0. The van der Waals surface area contributed by atoms with Gasteiger partial charge in [-0.1, -0.05) is 32.9 Å². The first-order valence-corrected chi connectivity index (χ1v) is 5.55. The van der Waals surface area contributed by atoms with E-state index in [1.807, 2.05) is 16.2 Å². The Morgan fingerprint density at radius 2 is 2.45 bits per heavy atom. The molecule has 2 rings (SSSR count). The van der Waals surface area contributed by atoms with E-state index >= 15 is 0 Å². The van der Waals surface area contributed by atoms with Crippen molar-refractivity contribution in [2.24, 2.45) is 0 Å². The number of nitrogens with one attached hydrogen (secondary N) is 1. The molecule has 0 aromatic heterocycles. The van der Waals surface area contributed by atoms with Crippen LogP contribution in [0.4, 0.5) is 0 Å². The molecule has 0 saturated heterocycles. The van der Waals surface area contributed by atoms with Crippen LogP contribution < -0.4 is 5.06 Å². The summed E-state index contributed by atoms with van der Waals surface area (Å²) in [6.07, 6.45) is 3.82. The van der Waals surface area contributed by atoms with Gasteiger partial charge in [-0.15, -0.1) is 0 Å². The smallest absolute Gasteiger partial charge is 0.350 e. The average Bonchev–Trinajstić information content (AvgIpc) is 2.30. The lowest BCUT2D eigenvalue weighted by atomic mass is 10.2. The van der Waals surface area contributed by atoms with E-state index in [1.165, 1.54) is 0 Å². The van der Waals surface area contributed by atoms with Crippen molar-refractivity contribution in [3.8, 4) is 0 Å². The molecule has 0 radical (unpaired) electrons. The molecule has 2 aliphatic rings. The molecule has 0 bridgehead atoms. The van der Waals surface area contributed by atoms with Gasteiger partial charge in [0.2, 0.25) is 0 Å². The molecule has 0 aromatic rings. The van der Waals surface area contributed by atoms with Crippen LogP contribution in [0.1, 0.15) is 0 Å². The molecule has 1 N–H and O–H groups in total. The van der Waals surface area contributed by atoms with Crippen molar-refractivity contribution < 1.29 is 9.86 Å². The summed E-state index contributed by atoms with van der Waals surface area (Å²) in [4.78, 5) is 11.1. The highest BCUT2D eigenvalue weighted by atomic mass is 127. The van der Waals surface area contributed by atoms with Crippen molar-refractivity contribution in [3.05, 3.63) is 26.5 Å². The van der Waals surface area contributed by atoms with Crippen LogP contribution in [0.5, 0.6) is 0 Å². The van der Waals surface area contributed by atoms with E-state index in [1.54, 1.807) is 0 Å². The zero-order valence-electron chi connectivity index (χ0n) is 5.63. The Hall–Kier alpha value is -0.330. The van der Waals surface area contributed by atoms with E-state index in [2.05, 4.69) is 0 Å². The summed E-state index contributed by atoms with van der Waals surface area (Å²) < 4.78 is 2.82. The largest absolute Gasteiger partial charge is 0.626 e. The molecule has 4 heteroatoms. The minimum Gasteiger partial charge on any atom is -0.626 e. The lowest BCUT2D eigenvalue weighted by Gasteiger charge is -2.10. The van der Waals surface area contributed by atoms with Crippen molar-refractivity contribution in [1.29, 1.82) is 0 Å². The molecule has 0 spiro atoms. The molecule has 1 unspecified atom stereocenters. The molecule has 3 nitrogen and oxygen atoms in total. The number of carbonyl (C=O) groups is 1. The topological polar surface area (TPSA) is 44.6 Å². The minimum atomic E-state index is -0.299. The van der Waals surface area contributed by atoms with E-state index in [-0.39, 0.29) is 31.7 Å². The molecule has 58 valence electrons. The van der Waals surface area contributed by atoms with E-state index in [0.29, 0.717) is 6.54 Å². The Morgan fingerprint density at radius 3 is 3.18 bits per heavy atom. The highest BCUT2D eigenvalue weighted by molar-refractivity contribution is 14.2. The fourth-order valence-electron chi connectivity index (χ4n) is 1.10. The van der Waals surface area contributed by atoms with Gasteiger partial charge < -0.3 is 10.3 Å². The number of hydrogen-bond acceptors (Lipinski definition) is 2. The molecular weight excluding hydrogens is 257 g/mol. The summed E-state index contributed by atoms with van der Waals surface area (Å²) in [5.74, 6) is -0.228. The van der Waals surface area contributed by atoms with Gasteiger partial charge in [-0.05, 0) is 4.01 Å². The predicted octanol–water partition coefficient (Wildman–Crippen LogP) is -0.494. The second-order valence-corrected chi connectivity index (χ2v) is 4.78. The van der Waals surface area contributed by atoms with Gasteiger partial charge in [0.25, 0.3) is 0 Å². The maximum Gasteiger partial charge on any atom is 0.350 e. The molecule has 1 atom stereocenters. The Morgan fingerprint density at radius 1 is 1.64 bits per heavy atom. The highest BCUT2D eigenvalue weighted by Gasteiger charge is 2.28. The van der Waals surface area contributed by atoms with Gasteiger partial charge in [0, 0.05) is 5.57 Å². The molecule has 0 aliphatic carbocycles. The SMILES string of the molecule is O=C1C2=C(C=CC=I2)C[NH+]1[O-]. The number of allylic oxidation sites excluding steroid dienone is 1. The first-order valence-electron chi connectivity index (χ1n) is 3.23. The van der Waals surface area contributed by atoms with Crippen LogP contribution >= 0.6 is 20.7 Å². The number of carbonyl (C=O) groups excluding carboxylic acids is 1. The van der Waals surface area contributed by atoms with Gasteiger partial charge in [0.15, 0.2) is 0 Å². The third-order valence-corrected chi connectivity index (χ3v) is 4.21. The number of hydrogen-bond donors (Lipinski definition) is 1. The Labute approximate surface area is 73.7 Å². The maximum absolute atomic E-state index is 11.1. The number of halogens is 1. The van der Waals surface area contributed by atoms with Gasteiger partial charge in [-0.25, -0.2) is 4.79 Å². The fraction of sp³-hybridized carbons (Fsp3) is 0.143. The van der Waals surface area contributed by atoms with Crippen LogP contribution in [0.2, 0.25) is 0 Å². The molecule has 11 heavy (non-hydrogen) atoms. The average molecular weight is 263 g/mol. The van der Waals surface area contributed by atoms with Gasteiger partial charge >= 0.3 is 5.91 Å². The normalized spacial score (nSPS) is 28.8. The summed E-state index contributed by atoms with van der Waals surface area (Å²) in [6, 6.07) is 0. The second-order valence-electron chi connectivity index (χ2n) is 2.36. The first kappa shape index (κ1) is 7.33. The number of quaternary nitrogens is 1. The van der Waals surface area contributed by atoms with Crippen molar-refractivity contribution in [2.45, 2.75) is 0 Å². The van der Waals surface area contributed by atoms with Gasteiger partial charge in [0.05, 0.1) is 0 Å².